The highest BCUT2D eigenvalue weighted by Gasteiger charge is 2.28. The second-order valence-corrected chi connectivity index (χ2v) is 13.0. The van der Waals surface area contributed by atoms with E-state index in [1.54, 1.807) is 0 Å². The summed E-state index contributed by atoms with van der Waals surface area (Å²) in [5.74, 6) is -1.01. The Balaban J connectivity index is 0.924. The molecule has 2 aromatic rings. The van der Waals surface area contributed by atoms with Crippen molar-refractivity contribution in [3.8, 4) is 11.1 Å². The Labute approximate surface area is 348 Å². The van der Waals surface area contributed by atoms with Gasteiger partial charge in [-0.1, -0.05) is 48.5 Å². The number of rotatable bonds is 42. The minimum absolute atomic E-state index is 0.00725. The molecular formula is C43H66O16. The van der Waals surface area contributed by atoms with Gasteiger partial charge in [-0.15, -0.1) is 0 Å². The molecule has 0 unspecified atom stereocenters. The first kappa shape index (κ1) is 50.3. The summed E-state index contributed by atoms with van der Waals surface area (Å²) in [6.45, 7) is 11.2. The largest absolute Gasteiger partial charge is 0.481 e. The van der Waals surface area contributed by atoms with Gasteiger partial charge in [0, 0.05) is 18.9 Å². The number of aliphatic carboxylic acids is 1. The molecule has 0 heterocycles. The summed E-state index contributed by atoms with van der Waals surface area (Å²) in [5, 5.41) is 8.51. The summed E-state index contributed by atoms with van der Waals surface area (Å²) >= 11 is 0. The van der Waals surface area contributed by atoms with Crippen molar-refractivity contribution in [2.75, 3.05) is 165 Å². The fraction of sp³-hybridized carbons (Fsp3) is 0.674. The molecule has 0 saturated heterocycles. The van der Waals surface area contributed by atoms with Crippen molar-refractivity contribution in [2.24, 2.45) is 0 Å². The monoisotopic (exact) mass is 838 g/mol. The van der Waals surface area contributed by atoms with E-state index in [2.05, 4.69) is 24.3 Å². The van der Waals surface area contributed by atoms with Crippen molar-refractivity contribution < 1.29 is 76.3 Å². The first-order valence-electron chi connectivity index (χ1n) is 20.7. The molecule has 334 valence electrons. The summed E-state index contributed by atoms with van der Waals surface area (Å²) in [6, 6.07) is 16.6. The van der Waals surface area contributed by atoms with Crippen LogP contribution in [0, 0.1) is 0 Å². The third kappa shape index (κ3) is 25.3. The van der Waals surface area contributed by atoms with E-state index in [9.17, 15) is 9.59 Å². The van der Waals surface area contributed by atoms with Gasteiger partial charge in [0.05, 0.1) is 158 Å². The third-order valence-corrected chi connectivity index (χ3v) is 8.60. The fourth-order valence-corrected chi connectivity index (χ4v) is 5.69. The second kappa shape index (κ2) is 35.6. The normalized spacial score (nSPS) is 12.2. The molecule has 0 aromatic heterocycles. The van der Waals surface area contributed by atoms with Crippen LogP contribution in [0.15, 0.2) is 48.5 Å². The van der Waals surface area contributed by atoms with E-state index in [0.717, 1.165) is 0 Å². The average molecular weight is 839 g/mol. The van der Waals surface area contributed by atoms with Crippen LogP contribution in [-0.4, -0.2) is 182 Å². The number of fused-ring (bicyclic) bond motifs is 3. The molecule has 59 heavy (non-hydrogen) atoms. The van der Waals surface area contributed by atoms with Crippen molar-refractivity contribution >= 4 is 11.9 Å². The molecule has 3 rings (SSSR count). The second-order valence-electron chi connectivity index (χ2n) is 13.0. The summed E-state index contributed by atoms with van der Waals surface area (Å²) in [7, 11) is 0. The van der Waals surface area contributed by atoms with Gasteiger partial charge < -0.3 is 66.7 Å². The van der Waals surface area contributed by atoms with Crippen LogP contribution in [0.4, 0.5) is 0 Å². The summed E-state index contributed by atoms with van der Waals surface area (Å²) in [6.07, 6.45) is 0.913. The Morgan fingerprint density at radius 2 is 0.678 bits per heavy atom. The maximum absolute atomic E-state index is 12.4. The van der Waals surface area contributed by atoms with Crippen LogP contribution in [0.3, 0.4) is 0 Å². The number of hydrogen-bond donors (Lipinski definition) is 1. The molecule has 0 radical (unpaired) electrons. The summed E-state index contributed by atoms with van der Waals surface area (Å²) in [4.78, 5) is 22.7. The minimum Gasteiger partial charge on any atom is -0.481 e. The number of carbonyl (C=O) groups excluding carboxylic acids is 1. The van der Waals surface area contributed by atoms with Crippen LogP contribution >= 0.6 is 0 Å². The zero-order chi connectivity index (χ0) is 41.7. The molecule has 0 spiro atoms. The Bertz CT molecular complexity index is 1280. The molecule has 1 aliphatic carbocycles. The maximum atomic E-state index is 12.4. The predicted molar refractivity (Wildman–Crippen MR) is 216 cm³/mol. The van der Waals surface area contributed by atoms with E-state index >= 15 is 0 Å². The number of carboxylic acid groups (broad SMARTS) is 1. The highest BCUT2D eigenvalue weighted by molar-refractivity contribution is 5.79. The standard InChI is InChI=1S/C43H66O16/c44-42(45)11-13-48-15-17-50-19-21-52-23-25-54-27-29-56-31-33-58-35-34-57-32-30-55-28-26-53-24-22-51-20-18-49-16-14-47-12-5-10-43(46)59-36-41-39-8-3-1-6-37(39)38-7-2-4-9-40(38)41/h1-4,6-9,41H,5,10-36H2,(H,44,45). The van der Waals surface area contributed by atoms with Crippen molar-refractivity contribution in [3.63, 3.8) is 0 Å². The van der Waals surface area contributed by atoms with Gasteiger partial charge in [-0.2, -0.15) is 0 Å². The Kier molecular flexibility index (Phi) is 30.4. The lowest BCUT2D eigenvalue weighted by Crippen LogP contribution is -2.15. The predicted octanol–water partition coefficient (Wildman–Crippen LogP) is 3.80. The van der Waals surface area contributed by atoms with Gasteiger partial charge in [-0.3, -0.25) is 9.59 Å². The highest BCUT2D eigenvalue weighted by Crippen LogP contribution is 2.44. The van der Waals surface area contributed by atoms with Crippen LogP contribution in [0.1, 0.15) is 36.3 Å². The zero-order valence-corrected chi connectivity index (χ0v) is 34.6. The Morgan fingerprint density at radius 1 is 0.390 bits per heavy atom. The van der Waals surface area contributed by atoms with Crippen molar-refractivity contribution in [1.29, 1.82) is 0 Å². The summed E-state index contributed by atoms with van der Waals surface area (Å²) < 4.78 is 71.0. The number of carbonyl (C=O) groups is 2. The van der Waals surface area contributed by atoms with Crippen LogP contribution in [0.2, 0.25) is 0 Å². The highest BCUT2D eigenvalue weighted by atomic mass is 16.6. The van der Waals surface area contributed by atoms with Crippen molar-refractivity contribution in [3.05, 3.63) is 59.7 Å². The fourth-order valence-electron chi connectivity index (χ4n) is 5.69. The van der Waals surface area contributed by atoms with Crippen LogP contribution in [0.5, 0.6) is 0 Å². The molecule has 1 N–H and O–H groups in total. The lowest BCUT2D eigenvalue weighted by Gasteiger charge is -2.14. The number of esters is 1. The molecular weight excluding hydrogens is 772 g/mol. The first-order valence-corrected chi connectivity index (χ1v) is 20.7. The van der Waals surface area contributed by atoms with Crippen molar-refractivity contribution in [1.82, 2.24) is 0 Å². The molecule has 16 nitrogen and oxygen atoms in total. The van der Waals surface area contributed by atoms with E-state index in [1.807, 2.05) is 24.3 Å². The molecule has 0 fully saturated rings. The molecule has 0 amide bonds. The van der Waals surface area contributed by atoms with Gasteiger partial charge in [-0.05, 0) is 28.7 Å². The molecule has 0 aliphatic heterocycles. The third-order valence-electron chi connectivity index (χ3n) is 8.60. The maximum Gasteiger partial charge on any atom is 0.305 e. The molecule has 0 atom stereocenters. The molecule has 1 aliphatic rings. The van der Waals surface area contributed by atoms with E-state index in [4.69, 9.17) is 66.7 Å². The number of ether oxygens (including phenoxy) is 13. The molecule has 2 aromatic carbocycles. The van der Waals surface area contributed by atoms with Gasteiger partial charge in [0.15, 0.2) is 0 Å². The van der Waals surface area contributed by atoms with Crippen LogP contribution in [-0.2, 0) is 71.2 Å². The number of benzene rings is 2. The molecule has 0 saturated carbocycles. The minimum atomic E-state index is -0.878. The zero-order valence-electron chi connectivity index (χ0n) is 34.6. The van der Waals surface area contributed by atoms with Gasteiger partial charge in [0.1, 0.15) is 6.61 Å². The smallest absolute Gasteiger partial charge is 0.305 e. The van der Waals surface area contributed by atoms with Crippen LogP contribution < -0.4 is 0 Å². The van der Waals surface area contributed by atoms with Crippen molar-refractivity contribution in [2.45, 2.75) is 25.2 Å². The van der Waals surface area contributed by atoms with Gasteiger partial charge in [-0.25, -0.2) is 0 Å². The Hall–Kier alpha value is -3.10. The van der Waals surface area contributed by atoms with Crippen LogP contribution in [0.25, 0.3) is 11.1 Å². The average Bonchev–Trinajstić information content (AvgIpc) is 3.57. The van der Waals surface area contributed by atoms with E-state index in [-0.39, 0.29) is 24.9 Å². The lowest BCUT2D eigenvalue weighted by atomic mass is 9.98. The van der Waals surface area contributed by atoms with E-state index in [1.165, 1.54) is 22.3 Å². The van der Waals surface area contributed by atoms with E-state index < -0.39 is 5.97 Å². The summed E-state index contributed by atoms with van der Waals surface area (Å²) in [5.41, 5.74) is 4.85. The van der Waals surface area contributed by atoms with Gasteiger partial charge in [0.25, 0.3) is 0 Å². The molecule has 0 bridgehead atoms. The molecule has 16 heteroatoms. The number of carboxylic acids is 1. The topological polar surface area (TPSA) is 174 Å². The SMILES string of the molecule is O=C(O)CCOCCOCCOCCOCCOCCOCCOCCOCCOCCOCCOCCOCCCC(=O)OCC1c2ccccc2-c2ccccc21. The lowest BCUT2D eigenvalue weighted by molar-refractivity contribution is -0.144. The Morgan fingerprint density at radius 3 is 1.00 bits per heavy atom. The number of hydrogen-bond acceptors (Lipinski definition) is 15. The van der Waals surface area contributed by atoms with Gasteiger partial charge >= 0.3 is 11.9 Å². The van der Waals surface area contributed by atoms with Gasteiger partial charge in [0.2, 0.25) is 0 Å². The first-order chi connectivity index (χ1) is 29.2. The quantitative estimate of drug-likeness (QED) is 0.0755. The van der Waals surface area contributed by atoms with E-state index in [0.29, 0.717) is 171 Å².